The van der Waals surface area contributed by atoms with Crippen molar-refractivity contribution in [3.05, 3.63) is 0 Å². The molecule has 1 rings (SSSR count). The number of primary amides is 2. The van der Waals surface area contributed by atoms with E-state index in [4.69, 9.17) is 11.5 Å². The van der Waals surface area contributed by atoms with Crippen molar-refractivity contribution in [2.75, 3.05) is 6.54 Å². The Labute approximate surface area is 77.1 Å². The summed E-state index contributed by atoms with van der Waals surface area (Å²) in [5, 5.41) is 0. The summed E-state index contributed by atoms with van der Waals surface area (Å²) in [4.78, 5) is 23.0. The van der Waals surface area contributed by atoms with Crippen molar-refractivity contribution in [2.24, 2.45) is 11.5 Å². The van der Waals surface area contributed by atoms with Gasteiger partial charge in [-0.1, -0.05) is 12.8 Å². The molecule has 0 saturated heterocycles. The molecule has 3 amide bonds. The van der Waals surface area contributed by atoms with Crippen molar-refractivity contribution in [2.45, 2.75) is 31.7 Å². The lowest BCUT2D eigenvalue weighted by atomic mass is 10.2. The molecule has 1 aliphatic rings. The van der Waals surface area contributed by atoms with Crippen molar-refractivity contribution < 1.29 is 9.59 Å². The molecule has 0 heterocycles. The lowest BCUT2D eigenvalue weighted by Crippen LogP contribution is -2.46. The molecule has 0 bridgehead atoms. The first-order valence-electron chi connectivity index (χ1n) is 4.45. The van der Waals surface area contributed by atoms with Gasteiger partial charge in [-0.05, 0) is 12.8 Å². The molecule has 5 nitrogen and oxygen atoms in total. The van der Waals surface area contributed by atoms with Gasteiger partial charge >= 0.3 is 6.03 Å². The maximum Gasteiger partial charge on any atom is 0.315 e. The third kappa shape index (κ3) is 2.61. The number of carbonyl (C=O) groups excluding carboxylic acids is 2. The van der Waals surface area contributed by atoms with Gasteiger partial charge in [0.1, 0.15) is 6.54 Å². The number of urea groups is 1. The minimum absolute atomic E-state index is 0.0556. The maximum absolute atomic E-state index is 11.0. The summed E-state index contributed by atoms with van der Waals surface area (Å²) in [7, 11) is 0. The highest BCUT2D eigenvalue weighted by Crippen LogP contribution is 2.22. The standard InChI is InChI=1S/C8H15N3O2/c9-7(12)5-11(8(10)13)6-3-1-2-4-6/h6H,1-5H2,(H2,9,12)(H2,10,13). The zero-order chi connectivity index (χ0) is 9.84. The lowest BCUT2D eigenvalue weighted by molar-refractivity contribution is -0.118. The Bertz CT molecular complexity index is 211. The van der Waals surface area contributed by atoms with Crippen LogP contribution in [0.4, 0.5) is 4.79 Å². The van der Waals surface area contributed by atoms with Crippen LogP contribution in [-0.2, 0) is 4.79 Å². The summed E-state index contributed by atoms with van der Waals surface area (Å²) in [6, 6.07) is -0.435. The van der Waals surface area contributed by atoms with Crippen LogP contribution in [0, 0.1) is 0 Å². The average Bonchev–Trinajstić information content (AvgIpc) is 2.50. The Kier molecular flexibility index (Phi) is 3.11. The quantitative estimate of drug-likeness (QED) is 0.637. The van der Waals surface area contributed by atoms with E-state index in [-0.39, 0.29) is 12.6 Å². The van der Waals surface area contributed by atoms with E-state index in [9.17, 15) is 9.59 Å². The van der Waals surface area contributed by atoms with Crippen LogP contribution in [0.15, 0.2) is 0 Å². The number of amides is 3. The van der Waals surface area contributed by atoms with Crippen LogP contribution in [0.3, 0.4) is 0 Å². The molecular formula is C8H15N3O2. The highest BCUT2D eigenvalue weighted by molar-refractivity contribution is 5.82. The van der Waals surface area contributed by atoms with E-state index in [2.05, 4.69) is 0 Å². The first-order chi connectivity index (χ1) is 6.11. The maximum atomic E-state index is 11.0. The van der Waals surface area contributed by atoms with Crippen molar-refractivity contribution in [3.8, 4) is 0 Å². The number of hydrogen-bond donors (Lipinski definition) is 2. The number of hydrogen-bond acceptors (Lipinski definition) is 2. The van der Waals surface area contributed by atoms with Crippen molar-refractivity contribution in [1.29, 1.82) is 0 Å². The van der Waals surface area contributed by atoms with Gasteiger partial charge in [-0.25, -0.2) is 4.79 Å². The predicted molar refractivity (Wildman–Crippen MR) is 47.7 cm³/mol. The Morgan fingerprint density at radius 1 is 1.23 bits per heavy atom. The van der Waals surface area contributed by atoms with Crippen molar-refractivity contribution in [1.82, 2.24) is 4.90 Å². The molecule has 0 aliphatic heterocycles. The molecule has 5 heteroatoms. The van der Waals surface area contributed by atoms with Crippen LogP contribution < -0.4 is 11.5 Å². The third-order valence-electron chi connectivity index (χ3n) is 2.37. The van der Waals surface area contributed by atoms with Gasteiger partial charge in [-0.15, -0.1) is 0 Å². The molecule has 0 aromatic rings. The van der Waals surface area contributed by atoms with Gasteiger partial charge in [-0.3, -0.25) is 4.79 Å². The van der Waals surface area contributed by atoms with Gasteiger partial charge < -0.3 is 16.4 Å². The van der Waals surface area contributed by atoms with Gasteiger partial charge in [-0.2, -0.15) is 0 Å². The van der Waals surface area contributed by atoms with E-state index in [0.717, 1.165) is 25.7 Å². The summed E-state index contributed by atoms with van der Waals surface area (Å²) in [5.41, 5.74) is 10.2. The number of nitrogens with zero attached hydrogens (tertiary/aromatic N) is 1. The smallest absolute Gasteiger partial charge is 0.315 e. The first-order valence-corrected chi connectivity index (χ1v) is 4.45. The minimum Gasteiger partial charge on any atom is -0.368 e. The number of rotatable bonds is 3. The molecule has 0 radical (unpaired) electrons. The Morgan fingerprint density at radius 2 is 1.77 bits per heavy atom. The SMILES string of the molecule is NC(=O)CN(C(N)=O)C1CCCC1. The fraction of sp³-hybridized carbons (Fsp3) is 0.750. The Morgan fingerprint density at radius 3 is 2.15 bits per heavy atom. The zero-order valence-electron chi connectivity index (χ0n) is 7.53. The van der Waals surface area contributed by atoms with Gasteiger partial charge in [0.2, 0.25) is 5.91 Å². The van der Waals surface area contributed by atoms with E-state index in [1.807, 2.05) is 0 Å². The molecule has 0 atom stereocenters. The molecule has 1 saturated carbocycles. The lowest BCUT2D eigenvalue weighted by Gasteiger charge is -2.25. The minimum atomic E-state index is -0.550. The molecule has 0 unspecified atom stereocenters. The van der Waals surface area contributed by atoms with Gasteiger partial charge in [0.05, 0.1) is 0 Å². The summed E-state index contributed by atoms with van der Waals surface area (Å²) in [6.45, 7) is -0.0556. The zero-order valence-corrected chi connectivity index (χ0v) is 7.53. The molecule has 4 N–H and O–H groups in total. The van der Waals surface area contributed by atoms with Crippen molar-refractivity contribution >= 4 is 11.9 Å². The van der Waals surface area contributed by atoms with Gasteiger partial charge in [0, 0.05) is 6.04 Å². The van der Waals surface area contributed by atoms with E-state index >= 15 is 0 Å². The highest BCUT2D eigenvalue weighted by atomic mass is 16.2. The second-order valence-electron chi connectivity index (χ2n) is 3.37. The monoisotopic (exact) mass is 185 g/mol. The van der Waals surface area contributed by atoms with Crippen LogP contribution in [0.2, 0.25) is 0 Å². The molecule has 13 heavy (non-hydrogen) atoms. The molecular weight excluding hydrogens is 170 g/mol. The van der Waals surface area contributed by atoms with E-state index in [1.165, 1.54) is 4.90 Å². The Hall–Kier alpha value is -1.26. The summed E-state index contributed by atoms with van der Waals surface area (Å²) in [6.07, 6.45) is 4.03. The molecule has 74 valence electrons. The molecule has 0 spiro atoms. The van der Waals surface area contributed by atoms with E-state index < -0.39 is 11.9 Å². The molecule has 0 aromatic heterocycles. The van der Waals surface area contributed by atoms with Crippen LogP contribution in [0.5, 0.6) is 0 Å². The average molecular weight is 185 g/mol. The predicted octanol–water partition coefficient (Wildman–Crippen LogP) is -0.205. The van der Waals surface area contributed by atoms with E-state index in [1.54, 1.807) is 0 Å². The molecule has 1 fully saturated rings. The fourth-order valence-corrected chi connectivity index (χ4v) is 1.77. The fourth-order valence-electron chi connectivity index (χ4n) is 1.77. The largest absolute Gasteiger partial charge is 0.368 e. The second kappa shape index (κ2) is 4.11. The normalized spacial score (nSPS) is 17.2. The summed E-state index contributed by atoms with van der Waals surface area (Å²) in [5.74, 6) is -0.509. The summed E-state index contributed by atoms with van der Waals surface area (Å²) < 4.78 is 0. The van der Waals surface area contributed by atoms with E-state index in [0.29, 0.717) is 0 Å². The van der Waals surface area contributed by atoms with Gasteiger partial charge in [0.25, 0.3) is 0 Å². The summed E-state index contributed by atoms with van der Waals surface area (Å²) >= 11 is 0. The number of nitrogens with two attached hydrogens (primary N) is 2. The van der Waals surface area contributed by atoms with Crippen molar-refractivity contribution in [3.63, 3.8) is 0 Å². The number of carbonyl (C=O) groups is 2. The van der Waals surface area contributed by atoms with Crippen LogP contribution in [0.25, 0.3) is 0 Å². The topological polar surface area (TPSA) is 89.4 Å². The van der Waals surface area contributed by atoms with Crippen LogP contribution in [0.1, 0.15) is 25.7 Å². The van der Waals surface area contributed by atoms with Gasteiger partial charge in [0.15, 0.2) is 0 Å². The second-order valence-corrected chi connectivity index (χ2v) is 3.37. The Balaban J connectivity index is 2.55. The van der Waals surface area contributed by atoms with Crippen LogP contribution >= 0.6 is 0 Å². The first kappa shape index (κ1) is 9.83. The van der Waals surface area contributed by atoms with Crippen LogP contribution in [-0.4, -0.2) is 29.4 Å². The molecule has 0 aromatic carbocycles. The highest BCUT2D eigenvalue weighted by Gasteiger charge is 2.25. The third-order valence-corrected chi connectivity index (χ3v) is 2.37. The molecule has 1 aliphatic carbocycles.